The third kappa shape index (κ3) is 28.4. The van der Waals surface area contributed by atoms with Crippen molar-refractivity contribution in [2.75, 3.05) is 0 Å². The number of aliphatic carboxylic acids is 1. The van der Waals surface area contributed by atoms with Crippen LogP contribution in [0.4, 0.5) is 0 Å². The van der Waals surface area contributed by atoms with Crippen molar-refractivity contribution in [1.29, 1.82) is 0 Å². The van der Waals surface area contributed by atoms with Crippen LogP contribution in [0.1, 0.15) is 110 Å². The number of carboxylic acids is 1. The quantitative estimate of drug-likeness (QED) is 0.112. The van der Waals surface area contributed by atoms with Crippen LogP contribution in [-0.2, 0) is 19.1 Å². The molecule has 7 heteroatoms. The number of hydrogen-bond donors (Lipinski definition) is 1. The maximum atomic E-state index is 11.4. The summed E-state index contributed by atoms with van der Waals surface area (Å²) in [7, 11) is 0. The molecule has 0 spiro atoms. The first-order chi connectivity index (χ1) is 13.1. The van der Waals surface area contributed by atoms with E-state index in [4.69, 9.17) is 5.11 Å². The molecule has 0 aromatic heterocycles. The molecule has 0 aliphatic carbocycles. The van der Waals surface area contributed by atoms with Gasteiger partial charge in [-0.05, 0) is 32.1 Å². The standard InChI is InChI=1S/C22H38O5.2Na.2H/c1-2-3-4-5-6-7-8-9-10-11-12-13-14-15-16-17-21(25)27-22(26)19-18-20(23)24;;;;/h9-10H,2-8,11-19H2,1H3,(H,23,24);;;;/b10-9-;;;;. The number of allylic oxidation sites excluding steroid dienone is 2. The number of rotatable bonds is 18. The molecule has 160 valence electrons. The van der Waals surface area contributed by atoms with Crippen LogP contribution in [0.2, 0.25) is 0 Å². The Kier molecular flexibility index (Phi) is 30.9. The number of esters is 2. The van der Waals surface area contributed by atoms with Gasteiger partial charge in [-0.3, -0.25) is 14.4 Å². The Morgan fingerprint density at radius 1 is 0.655 bits per heavy atom. The van der Waals surface area contributed by atoms with E-state index in [1.54, 1.807) is 0 Å². The summed E-state index contributed by atoms with van der Waals surface area (Å²) >= 11 is 0. The Hall–Kier alpha value is 0.350. The van der Waals surface area contributed by atoms with Gasteiger partial charge in [0, 0.05) is 6.42 Å². The van der Waals surface area contributed by atoms with Gasteiger partial charge in [0.25, 0.3) is 0 Å². The zero-order chi connectivity index (χ0) is 20.2. The Balaban J connectivity index is -0.00000338. The summed E-state index contributed by atoms with van der Waals surface area (Å²) in [5.74, 6) is -2.38. The van der Waals surface area contributed by atoms with E-state index in [1.165, 1.54) is 51.4 Å². The van der Waals surface area contributed by atoms with Crippen LogP contribution >= 0.6 is 0 Å². The van der Waals surface area contributed by atoms with E-state index in [1.807, 2.05) is 0 Å². The van der Waals surface area contributed by atoms with Crippen LogP contribution in [0.15, 0.2) is 12.2 Å². The Labute approximate surface area is 221 Å². The Morgan fingerprint density at radius 2 is 1.10 bits per heavy atom. The summed E-state index contributed by atoms with van der Waals surface area (Å²) in [5, 5.41) is 8.45. The predicted octanol–water partition coefficient (Wildman–Crippen LogP) is 4.66. The zero-order valence-electron chi connectivity index (χ0n) is 17.0. The van der Waals surface area contributed by atoms with Crippen molar-refractivity contribution in [2.24, 2.45) is 0 Å². The van der Waals surface area contributed by atoms with E-state index >= 15 is 0 Å². The predicted molar refractivity (Wildman–Crippen MR) is 122 cm³/mol. The number of carboxylic acid groups (broad SMARTS) is 1. The van der Waals surface area contributed by atoms with E-state index in [0.29, 0.717) is 6.42 Å². The number of carbonyl (C=O) groups excluding carboxylic acids is 2. The number of ether oxygens (including phenoxy) is 1. The van der Waals surface area contributed by atoms with E-state index in [0.717, 1.165) is 25.7 Å². The third-order valence-corrected chi connectivity index (χ3v) is 4.41. The van der Waals surface area contributed by atoms with Gasteiger partial charge in [0.15, 0.2) is 0 Å². The summed E-state index contributed by atoms with van der Waals surface area (Å²) in [4.78, 5) is 33.0. The molecule has 29 heavy (non-hydrogen) atoms. The molecule has 0 aliphatic heterocycles. The molecule has 0 fully saturated rings. The molecule has 0 saturated carbocycles. The van der Waals surface area contributed by atoms with Crippen LogP contribution in [0.5, 0.6) is 0 Å². The number of carbonyl (C=O) groups is 3. The van der Waals surface area contributed by atoms with Crippen molar-refractivity contribution in [3.05, 3.63) is 12.2 Å². The van der Waals surface area contributed by atoms with Crippen LogP contribution in [0, 0.1) is 0 Å². The Bertz CT molecular complexity index is 439. The summed E-state index contributed by atoms with van der Waals surface area (Å²) in [6.07, 6.45) is 19.7. The fraction of sp³-hybridized carbons (Fsp3) is 0.773. The van der Waals surface area contributed by atoms with Gasteiger partial charge in [-0.1, -0.05) is 70.4 Å². The molecule has 0 rings (SSSR count). The van der Waals surface area contributed by atoms with Crippen molar-refractivity contribution in [3.8, 4) is 0 Å². The van der Waals surface area contributed by atoms with Crippen LogP contribution in [0.3, 0.4) is 0 Å². The molecule has 0 amide bonds. The molecule has 0 atom stereocenters. The first kappa shape index (κ1) is 34.0. The van der Waals surface area contributed by atoms with Crippen LogP contribution < -0.4 is 0 Å². The van der Waals surface area contributed by atoms with Gasteiger partial charge in [0.1, 0.15) is 0 Å². The van der Waals surface area contributed by atoms with Gasteiger partial charge in [0.2, 0.25) is 0 Å². The molecule has 1 N–H and O–H groups in total. The second kappa shape index (κ2) is 26.4. The second-order valence-corrected chi connectivity index (χ2v) is 7.07. The van der Waals surface area contributed by atoms with E-state index in [2.05, 4.69) is 23.8 Å². The van der Waals surface area contributed by atoms with Crippen LogP contribution in [-0.4, -0.2) is 82.1 Å². The molecule has 5 nitrogen and oxygen atoms in total. The molecule has 0 aliphatic rings. The monoisotopic (exact) mass is 430 g/mol. The van der Waals surface area contributed by atoms with Gasteiger partial charge in [-0.15, -0.1) is 0 Å². The van der Waals surface area contributed by atoms with Crippen LogP contribution in [0.25, 0.3) is 0 Å². The molecule has 0 heterocycles. The normalized spacial score (nSPS) is 10.2. The fourth-order valence-electron chi connectivity index (χ4n) is 2.78. The average molecular weight is 431 g/mol. The SMILES string of the molecule is CCCCCCCC/C=C\CCCCCCCC(=O)OC(=O)CCC(=O)O.[NaH].[NaH]. The van der Waals surface area contributed by atoms with Crippen molar-refractivity contribution in [3.63, 3.8) is 0 Å². The fourth-order valence-corrected chi connectivity index (χ4v) is 2.78. The summed E-state index contributed by atoms with van der Waals surface area (Å²) < 4.78 is 4.57. The van der Waals surface area contributed by atoms with Gasteiger partial charge >= 0.3 is 77.0 Å². The number of hydrogen-bond acceptors (Lipinski definition) is 4. The minimum atomic E-state index is -1.07. The van der Waals surface area contributed by atoms with E-state index in [-0.39, 0.29) is 78.4 Å². The first-order valence-corrected chi connectivity index (χ1v) is 10.7. The van der Waals surface area contributed by atoms with Crippen molar-refractivity contribution in [1.82, 2.24) is 0 Å². The molecule has 0 unspecified atom stereocenters. The topological polar surface area (TPSA) is 80.7 Å². The maximum absolute atomic E-state index is 11.4. The zero-order valence-corrected chi connectivity index (χ0v) is 17.0. The van der Waals surface area contributed by atoms with E-state index in [9.17, 15) is 14.4 Å². The van der Waals surface area contributed by atoms with Gasteiger partial charge in [-0.2, -0.15) is 0 Å². The molecule has 0 bridgehead atoms. The first-order valence-electron chi connectivity index (χ1n) is 10.7. The minimum absolute atomic E-state index is 0. The van der Waals surface area contributed by atoms with Crippen molar-refractivity contribution < 1.29 is 24.2 Å². The molecule has 0 aromatic rings. The van der Waals surface area contributed by atoms with Crippen molar-refractivity contribution >= 4 is 77.0 Å². The van der Waals surface area contributed by atoms with Gasteiger partial charge in [0.05, 0.1) is 12.8 Å². The summed E-state index contributed by atoms with van der Waals surface area (Å²) in [6, 6.07) is 0. The molecule has 0 saturated heterocycles. The number of unbranched alkanes of at least 4 members (excludes halogenated alkanes) is 11. The molecule has 0 radical (unpaired) electrons. The van der Waals surface area contributed by atoms with E-state index < -0.39 is 17.9 Å². The molecular formula is C22H40Na2O5. The van der Waals surface area contributed by atoms with Gasteiger partial charge in [-0.25, -0.2) is 0 Å². The Morgan fingerprint density at radius 3 is 1.62 bits per heavy atom. The average Bonchev–Trinajstić information content (AvgIpc) is 2.63. The van der Waals surface area contributed by atoms with Crippen molar-refractivity contribution in [2.45, 2.75) is 110 Å². The molecular weight excluding hydrogens is 390 g/mol. The second-order valence-electron chi connectivity index (χ2n) is 7.07. The third-order valence-electron chi connectivity index (χ3n) is 4.41. The summed E-state index contributed by atoms with van der Waals surface area (Å²) in [5.41, 5.74) is 0. The summed E-state index contributed by atoms with van der Waals surface area (Å²) in [6.45, 7) is 2.24. The van der Waals surface area contributed by atoms with Gasteiger partial charge < -0.3 is 9.84 Å². The molecule has 0 aromatic carbocycles.